The molecule has 1 aromatic heterocycles. The van der Waals surface area contributed by atoms with Gasteiger partial charge in [0.1, 0.15) is 18.2 Å². The first-order valence-corrected chi connectivity index (χ1v) is 9.06. The van der Waals surface area contributed by atoms with Gasteiger partial charge in [-0.3, -0.25) is 0 Å². The number of halogens is 1. The first-order chi connectivity index (χ1) is 12.7. The summed E-state index contributed by atoms with van der Waals surface area (Å²) in [6.45, 7) is 1.85. The Balaban J connectivity index is 1.70. The summed E-state index contributed by atoms with van der Waals surface area (Å²) >= 11 is 6.30. The second kappa shape index (κ2) is 7.44. The van der Waals surface area contributed by atoms with Crippen molar-refractivity contribution < 1.29 is 4.74 Å². The second-order valence-electron chi connectivity index (χ2n) is 6.60. The molecule has 0 spiro atoms. The average Bonchev–Trinajstić information content (AvgIpc) is 2.82. The van der Waals surface area contributed by atoms with Crippen LogP contribution in [-0.2, 0) is 6.54 Å². The zero-order valence-corrected chi connectivity index (χ0v) is 15.4. The van der Waals surface area contributed by atoms with E-state index < -0.39 is 0 Å². The Morgan fingerprint density at radius 1 is 1.08 bits per heavy atom. The number of ether oxygens (including phenoxy) is 1. The van der Waals surface area contributed by atoms with Gasteiger partial charge in [0.25, 0.3) is 0 Å². The lowest BCUT2D eigenvalue weighted by Crippen LogP contribution is -2.18. The van der Waals surface area contributed by atoms with E-state index in [1.54, 1.807) is 6.33 Å². The van der Waals surface area contributed by atoms with E-state index in [-0.39, 0.29) is 6.10 Å². The standard InChI is InChI=1S/C21H20ClN3O/c1-25-9-8-20(26-21-5-3-2-4-19(21)22)18-7-6-15(10-16(18)13-25)17-11-23-14-24-12-17/h2-7,10-12,14,20H,8-9,13H2,1H3. The highest BCUT2D eigenvalue weighted by molar-refractivity contribution is 6.32. The van der Waals surface area contributed by atoms with Gasteiger partial charge in [0.05, 0.1) is 5.02 Å². The normalized spacial score (nSPS) is 17.4. The number of nitrogens with zero attached hydrogens (tertiary/aromatic N) is 3. The van der Waals surface area contributed by atoms with Gasteiger partial charge in [0, 0.05) is 37.5 Å². The molecule has 5 heteroatoms. The lowest BCUT2D eigenvalue weighted by Gasteiger charge is -2.20. The fourth-order valence-electron chi connectivity index (χ4n) is 3.36. The molecule has 26 heavy (non-hydrogen) atoms. The molecular formula is C21H20ClN3O. The molecular weight excluding hydrogens is 346 g/mol. The van der Waals surface area contributed by atoms with Crippen LogP contribution in [0, 0.1) is 0 Å². The minimum atomic E-state index is -0.0177. The summed E-state index contributed by atoms with van der Waals surface area (Å²) in [5.74, 6) is 0.732. The molecule has 2 aromatic carbocycles. The van der Waals surface area contributed by atoms with E-state index in [0.29, 0.717) is 5.02 Å². The molecule has 132 valence electrons. The van der Waals surface area contributed by atoms with Gasteiger partial charge in [0.2, 0.25) is 0 Å². The van der Waals surface area contributed by atoms with Crippen molar-refractivity contribution in [2.45, 2.75) is 19.1 Å². The van der Waals surface area contributed by atoms with E-state index >= 15 is 0 Å². The van der Waals surface area contributed by atoms with Gasteiger partial charge in [-0.1, -0.05) is 35.9 Å². The quantitative estimate of drug-likeness (QED) is 0.671. The van der Waals surface area contributed by atoms with Crippen LogP contribution in [0.2, 0.25) is 5.02 Å². The van der Waals surface area contributed by atoms with Crippen molar-refractivity contribution in [3.05, 3.63) is 77.3 Å². The fourth-order valence-corrected chi connectivity index (χ4v) is 3.54. The molecule has 1 aliphatic heterocycles. The van der Waals surface area contributed by atoms with E-state index in [2.05, 4.69) is 40.1 Å². The zero-order chi connectivity index (χ0) is 17.9. The van der Waals surface area contributed by atoms with E-state index in [1.165, 1.54) is 11.1 Å². The van der Waals surface area contributed by atoms with Crippen molar-refractivity contribution >= 4 is 11.6 Å². The number of fused-ring (bicyclic) bond motifs is 1. The highest BCUT2D eigenvalue weighted by atomic mass is 35.5. The Hall–Kier alpha value is -2.43. The van der Waals surface area contributed by atoms with Gasteiger partial charge < -0.3 is 9.64 Å². The van der Waals surface area contributed by atoms with E-state index in [4.69, 9.17) is 16.3 Å². The Kier molecular flexibility index (Phi) is 4.87. The molecule has 4 nitrogen and oxygen atoms in total. The highest BCUT2D eigenvalue weighted by Crippen LogP contribution is 2.35. The maximum Gasteiger partial charge on any atom is 0.138 e. The maximum atomic E-state index is 6.30. The summed E-state index contributed by atoms with van der Waals surface area (Å²) < 4.78 is 6.30. The molecule has 0 aliphatic carbocycles. The number of aromatic nitrogens is 2. The molecule has 0 saturated carbocycles. The van der Waals surface area contributed by atoms with Crippen molar-refractivity contribution in [2.24, 2.45) is 0 Å². The molecule has 0 fully saturated rings. The van der Waals surface area contributed by atoms with Crippen molar-refractivity contribution in [1.29, 1.82) is 0 Å². The van der Waals surface area contributed by atoms with Gasteiger partial charge in [-0.15, -0.1) is 0 Å². The molecule has 0 N–H and O–H groups in total. The van der Waals surface area contributed by atoms with Crippen LogP contribution in [0.4, 0.5) is 0 Å². The summed E-state index contributed by atoms with van der Waals surface area (Å²) in [6.07, 6.45) is 6.13. The van der Waals surface area contributed by atoms with Crippen molar-refractivity contribution in [1.82, 2.24) is 14.9 Å². The smallest absolute Gasteiger partial charge is 0.138 e. The van der Waals surface area contributed by atoms with Crippen LogP contribution < -0.4 is 4.74 Å². The summed E-state index contributed by atoms with van der Waals surface area (Å²) in [4.78, 5) is 10.6. The highest BCUT2D eigenvalue weighted by Gasteiger charge is 2.23. The number of benzene rings is 2. The second-order valence-corrected chi connectivity index (χ2v) is 7.01. The van der Waals surface area contributed by atoms with Crippen molar-refractivity contribution in [3.8, 4) is 16.9 Å². The van der Waals surface area contributed by atoms with Crippen LogP contribution in [0.1, 0.15) is 23.7 Å². The van der Waals surface area contributed by atoms with Gasteiger partial charge >= 0.3 is 0 Å². The lowest BCUT2D eigenvalue weighted by molar-refractivity contribution is 0.183. The molecule has 0 saturated heterocycles. The zero-order valence-electron chi connectivity index (χ0n) is 14.6. The van der Waals surface area contributed by atoms with Gasteiger partial charge in [-0.25, -0.2) is 9.97 Å². The SMILES string of the molecule is CN1CCC(Oc2ccccc2Cl)c2ccc(-c3cncnc3)cc2C1. The van der Waals surface area contributed by atoms with Gasteiger partial charge in [-0.2, -0.15) is 0 Å². The van der Waals surface area contributed by atoms with Crippen molar-refractivity contribution in [3.63, 3.8) is 0 Å². The molecule has 1 aliphatic rings. The topological polar surface area (TPSA) is 38.2 Å². The van der Waals surface area contributed by atoms with E-state index in [0.717, 1.165) is 36.4 Å². The van der Waals surface area contributed by atoms with Crippen LogP contribution in [0.3, 0.4) is 0 Å². The Bertz CT molecular complexity index is 901. The first kappa shape index (κ1) is 17.0. The number of para-hydroxylation sites is 1. The first-order valence-electron chi connectivity index (χ1n) is 8.68. The fraction of sp³-hybridized carbons (Fsp3) is 0.238. The minimum absolute atomic E-state index is 0.0177. The summed E-state index contributed by atoms with van der Waals surface area (Å²) in [6, 6.07) is 14.1. The van der Waals surface area contributed by atoms with Gasteiger partial charge in [0.15, 0.2) is 0 Å². The third-order valence-electron chi connectivity index (χ3n) is 4.70. The average molecular weight is 366 g/mol. The van der Waals surface area contributed by atoms with Crippen LogP contribution in [0.5, 0.6) is 5.75 Å². The van der Waals surface area contributed by atoms with Crippen LogP contribution >= 0.6 is 11.6 Å². The third-order valence-corrected chi connectivity index (χ3v) is 5.02. The largest absolute Gasteiger partial charge is 0.484 e. The monoisotopic (exact) mass is 365 g/mol. The molecule has 2 heterocycles. The predicted octanol–water partition coefficient (Wildman–Crippen LogP) is 4.75. The number of hydrogen-bond donors (Lipinski definition) is 0. The minimum Gasteiger partial charge on any atom is -0.484 e. The van der Waals surface area contributed by atoms with Crippen molar-refractivity contribution in [2.75, 3.05) is 13.6 Å². The van der Waals surface area contributed by atoms with Gasteiger partial charge in [-0.05, 0) is 41.9 Å². The predicted molar refractivity (Wildman–Crippen MR) is 103 cm³/mol. The number of rotatable bonds is 3. The summed E-state index contributed by atoms with van der Waals surface area (Å²) in [5, 5.41) is 0.643. The molecule has 0 bridgehead atoms. The molecule has 3 aromatic rings. The third kappa shape index (κ3) is 3.57. The Labute approximate surface area is 158 Å². The Morgan fingerprint density at radius 3 is 2.69 bits per heavy atom. The summed E-state index contributed by atoms with van der Waals surface area (Å²) in [7, 11) is 2.14. The molecule has 0 amide bonds. The summed E-state index contributed by atoms with van der Waals surface area (Å²) in [5.41, 5.74) is 4.63. The molecule has 1 atom stereocenters. The molecule has 0 radical (unpaired) electrons. The molecule has 1 unspecified atom stereocenters. The maximum absolute atomic E-state index is 6.30. The van der Waals surface area contributed by atoms with Crippen LogP contribution in [0.15, 0.2) is 61.2 Å². The van der Waals surface area contributed by atoms with E-state index in [1.807, 2.05) is 36.7 Å². The lowest BCUT2D eigenvalue weighted by atomic mass is 9.97. The van der Waals surface area contributed by atoms with E-state index in [9.17, 15) is 0 Å². The Morgan fingerprint density at radius 2 is 1.88 bits per heavy atom. The number of hydrogen-bond acceptors (Lipinski definition) is 4. The van der Waals surface area contributed by atoms with Crippen LogP contribution in [-0.4, -0.2) is 28.5 Å². The van der Waals surface area contributed by atoms with Crippen LogP contribution in [0.25, 0.3) is 11.1 Å². The molecule has 4 rings (SSSR count).